The van der Waals surface area contributed by atoms with E-state index < -0.39 is 12.2 Å². The summed E-state index contributed by atoms with van der Waals surface area (Å²) < 4.78 is 23.5. The van der Waals surface area contributed by atoms with Gasteiger partial charge < -0.3 is 23.8 Å². The average Bonchev–Trinajstić information content (AvgIpc) is 3.10. The summed E-state index contributed by atoms with van der Waals surface area (Å²) in [6.07, 6.45) is -0.223. The summed E-state index contributed by atoms with van der Waals surface area (Å²) in [6.45, 7) is 4.61. The Morgan fingerprint density at radius 3 is 1.62 bits per heavy atom. The molecule has 0 aliphatic rings. The van der Waals surface area contributed by atoms with Gasteiger partial charge in [0.15, 0.2) is 6.23 Å². The van der Waals surface area contributed by atoms with Crippen molar-refractivity contribution in [2.24, 2.45) is 0 Å². The van der Waals surface area contributed by atoms with Crippen molar-refractivity contribution in [1.29, 1.82) is 0 Å². The molecule has 240 valence electrons. The average molecular weight is 630 g/mol. The van der Waals surface area contributed by atoms with Gasteiger partial charge in [0.25, 0.3) is 5.91 Å². The van der Waals surface area contributed by atoms with Gasteiger partial charge in [-0.3, -0.25) is 9.59 Å². The third-order valence-corrected chi connectivity index (χ3v) is 7.46. The van der Waals surface area contributed by atoms with Crippen LogP contribution in [0.2, 0.25) is 0 Å². The van der Waals surface area contributed by atoms with Crippen LogP contribution in [0.15, 0.2) is 133 Å². The second-order valence-electron chi connectivity index (χ2n) is 11.1. The first-order valence-corrected chi connectivity index (χ1v) is 15.7. The first kappa shape index (κ1) is 32.8. The van der Waals surface area contributed by atoms with Crippen molar-refractivity contribution >= 4 is 11.9 Å². The highest BCUT2D eigenvalue weighted by atomic mass is 16.6. The Morgan fingerprint density at radius 2 is 1.04 bits per heavy atom. The van der Waals surface area contributed by atoms with Gasteiger partial charge in [-0.25, -0.2) is 0 Å². The van der Waals surface area contributed by atoms with Crippen LogP contribution < -0.4 is 14.2 Å². The molecule has 7 nitrogen and oxygen atoms in total. The van der Waals surface area contributed by atoms with Gasteiger partial charge in [-0.2, -0.15) is 0 Å². The lowest BCUT2D eigenvalue weighted by molar-refractivity contribution is -0.152. The topological polar surface area (TPSA) is 74.3 Å². The molecule has 1 unspecified atom stereocenters. The molecule has 7 heteroatoms. The summed E-state index contributed by atoms with van der Waals surface area (Å²) in [5.41, 5.74) is 4.54. The number of benzene rings is 5. The highest BCUT2D eigenvalue weighted by molar-refractivity contribution is 5.94. The van der Waals surface area contributed by atoms with Crippen LogP contribution in [0, 0.1) is 0 Å². The van der Waals surface area contributed by atoms with Gasteiger partial charge in [-0.05, 0) is 78.1 Å². The molecule has 5 aromatic carbocycles. The number of ether oxygens (including phenoxy) is 4. The van der Waals surface area contributed by atoms with E-state index in [0.29, 0.717) is 44.1 Å². The smallest absolute Gasteiger partial charge is 0.304 e. The Bertz CT molecular complexity index is 1740. The zero-order valence-electron chi connectivity index (χ0n) is 26.7. The van der Waals surface area contributed by atoms with Crippen LogP contribution in [0.4, 0.5) is 0 Å². The summed E-state index contributed by atoms with van der Waals surface area (Å²) >= 11 is 0. The van der Waals surface area contributed by atoms with Crippen LogP contribution in [0.25, 0.3) is 0 Å². The van der Waals surface area contributed by atoms with Gasteiger partial charge >= 0.3 is 5.97 Å². The number of hydrogen-bond donors (Lipinski definition) is 0. The van der Waals surface area contributed by atoms with Crippen molar-refractivity contribution in [3.05, 3.63) is 161 Å². The van der Waals surface area contributed by atoms with E-state index in [1.165, 1.54) is 6.92 Å². The molecule has 0 radical (unpaired) electrons. The van der Waals surface area contributed by atoms with Crippen LogP contribution in [0.5, 0.6) is 17.2 Å². The van der Waals surface area contributed by atoms with Gasteiger partial charge in [-0.1, -0.05) is 91.0 Å². The minimum atomic E-state index is -0.763. The molecule has 0 bridgehead atoms. The molecule has 0 aliphatic carbocycles. The SMILES string of the molecule is CC(=O)OC(C)N(CCc1cccc(OCc2ccccc2)c1)C(=O)c1cccc(OCc2cccc(OCc3ccccc3)c2)c1. The maximum Gasteiger partial charge on any atom is 0.304 e. The van der Waals surface area contributed by atoms with Gasteiger partial charge in [0.05, 0.1) is 0 Å². The predicted molar refractivity (Wildman–Crippen MR) is 181 cm³/mol. The fourth-order valence-corrected chi connectivity index (χ4v) is 5.05. The molecule has 0 heterocycles. The first-order valence-electron chi connectivity index (χ1n) is 15.7. The fourth-order valence-electron chi connectivity index (χ4n) is 5.05. The molecule has 0 spiro atoms. The minimum Gasteiger partial charge on any atom is -0.489 e. The van der Waals surface area contributed by atoms with Gasteiger partial charge in [-0.15, -0.1) is 0 Å². The zero-order chi connectivity index (χ0) is 32.8. The number of amides is 1. The van der Waals surface area contributed by atoms with Crippen LogP contribution in [0.3, 0.4) is 0 Å². The molecule has 0 aliphatic heterocycles. The van der Waals surface area contributed by atoms with Crippen LogP contribution in [0.1, 0.15) is 46.5 Å². The predicted octanol–water partition coefficient (Wildman–Crippen LogP) is 8.02. The van der Waals surface area contributed by atoms with Gasteiger partial charge in [0.2, 0.25) is 0 Å². The molecule has 5 rings (SSSR count). The Kier molecular flexibility index (Phi) is 11.6. The number of carbonyl (C=O) groups excluding carboxylic acids is 2. The van der Waals surface area contributed by atoms with E-state index in [9.17, 15) is 9.59 Å². The van der Waals surface area contributed by atoms with E-state index in [2.05, 4.69) is 0 Å². The second kappa shape index (κ2) is 16.7. The zero-order valence-corrected chi connectivity index (χ0v) is 26.7. The number of rotatable bonds is 15. The number of hydrogen-bond acceptors (Lipinski definition) is 6. The van der Waals surface area contributed by atoms with E-state index in [0.717, 1.165) is 33.8 Å². The monoisotopic (exact) mass is 629 g/mol. The lowest BCUT2D eigenvalue weighted by Gasteiger charge is -2.29. The van der Waals surface area contributed by atoms with Crippen molar-refractivity contribution < 1.29 is 28.5 Å². The lowest BCUT2D eigenvalue weighted by Crippen LogP contribution is -2.42. The van der Waals surface area contributed by atoms with Crippen molar-refractivity contribution in [3.63, 3.8) is 0 Å². The third-order valence-electron chi connectivity index (χ3n) is 7.46. The van der Waals surface area contributed by atoms with Crippen LogP contribution in [-0.4, -0.2) is 29.5 Å². The molecule has 0 aromatic heterocycles. The summed E-state index contributed by atoms with van der Waals surface area (Å²) in [5, 5.41) is 0. The van der Waals surface area contributed by atoms with Crippen LogP contribution >= 0.6 is 0 Å². The second-order valence-corrected chi connectivity index (χ2v) is 11.1. The first-order chi connectivity index (χ1) is 22.9. The molecular formula is C40H39NO6. The Hall–Kier alpha value is -5.56. The quantitative estimate of drug-likeness (QED) is 0.0863. The maximum absolute atomic E-state index is 13.8. The van der Waals surface area contributed by atoms with E-state index in [-0.39, 0.29) is 5.91 Å². The fraction of sp³-hybridized carbons (Fsp3) is 0.200. The highest BCUT2D eigenvalue weighted by Gasteiger charge is 2.24. The molecule has 47 heavy (non-hydrogen) atoms. The maximum atomic E-state index is 13.8. The standard InChI is InChI=1S/C40H39NO6/c1-30(47-31(2)42)41(23-22-32-16-9-19-37(24-32)44-27-33-12-5-3-6-13-33)40(43)36-18-11-21-39(26-36)46-29-35-17-10-20-38(25-35)45-28-34-14-7-4-8-15-34/h3-21,24-26,30H,22-23,27-29H2,1-2H3. The van der Waals surface area contributed by atoms with Gasteiger partial charge in [0, 0.05) is 19.0 Å². The molecule has 0 saturated carbocycles. The van der Waals surface area contributed by atoms with E-state index >= 15 is 0 Å². The lowest BCUT2D eigenvalue weighted by atomic mass is 10.1. The molecule has 5 aromatic rings. The summed E-state index contributed by atoms with van der Waals surface area (Å²) in [4.78, 5) is 27.2. The molecule has 1 atom stereocenters. The van der Waals surface area contributed by atoms with Crippen molar-refractivity contribution in [3.8, 4) is 17.2 Å². The Balaban J connectivity index is 1.21. The summed E-state index contributed by atoms with van der Waals surface area (Å²) in [6, 6.07) is 42.6. The van der Waals surface area contributed by atoms with Crippen molar-refractivity contribution in [2.75, 3.05) is 6.54 Å². The minimum absolute atomic E-state index is 0.267. The molecule has 0 saturated heterocycles. The molecular weight excluding hydrogens is 590 g/mol. The Morgan fingerprint density at radius 1 is 0.574 bits per heavy atom. The molecule has 0 N–H and O–H groups in total. The third kappa shape index (κ3) is 10.2. The number of nitrogens with zero attached hydrogens (tertiary/aromatic N) is 1. The molecule has 0 fully saturated rings. The largest absolute Gasteiger partial charge is 0.489 e. The van der Waals surface area contributed by atoms with E-state index in [1.807, 2.05) is 115 Å². The summed E-state index contributed by atoms with van der Waals surface area (Å²) in [7, 11) is 0. The Labute approximate surface area is 276 Å². The van der Waals surface area contributed by atoms with Crippen molar-refractivity contribution in [2.45, 2.75) is 46.3 Å². The van der Waals surface area contributed by atoms with Crippen LogP contribution in [-0.2, 0) is 35.8 Å². The normalized spacial score (nSPS) is 11.3. The number of esters is 1. The van der Waals surface area contributed by atoms with Gasteiger partial charge in [0.1, 0.15) is 37.1 Å². The van der Waals surface area contributed by atoms with E-state index in [4.69, 9.17) is 18.9 Å². The van der Waals surface area contributed by atoms with Crippen molar-refractivity contribution in [1.82, 2.24) is 4.90 Å². The molecule has 1 amide bonds. The highest BCUT2D eigenvalue weighted by Crippen LogP contribution is 2.22. The summed E-state index contributed by atoms with van der Waals surface area (Å²) in [5.74, 6) is 1.32. The van der Waals surface area contributed by atoms with E-state index in [1.54, 1.807) is 30.0 Å². The number of carbonyl (C=O) groups is 2.